The number of nitrogens with zero attached hydrogens (tertiary/aromatic N) is 3. The minimum atomic E-state index is -0.412. The highest BCUT2D eigenvalue weighted by Crippen LogP contribution is 2.32. The number of nitrogens with one attached hydrogen (secondary N) is 1. The van der Waals surface area contributed by atoms with Crippen LogP contribution in [0.4, 0.5) is 5.69 Å². The molecule has 136 valence electrons. The van der Waals surface area contributed by atoms with Crippen LogP contribution in [0.2, 0.25) is 0 Å². The van der Waals surface area contributed by atoms with Gasteiger partial charge in [-0.2, -0.15) is 5.10 Å². The Kier molecular flexibility index (Phi) is 5.07. The standard InChI is InChI=1S/C19H16N4O4/c1-12-8-16(13(2)17(9-12)23(25)26)18-6-5-15(27-18)11-21-22-19(24)14-4-3-7-20-10-14/h3-11H,1-2H3,(H,22,24)/b21-11-. The van der Waals surface area contributed by atoms with Gasteiger partial charge >= 0.3 is 0 Å². The number of carbonyl (C=O) groups is 1. The van der Waals surface area contributed by atoms with Crippen molar-refractivity contribution in [3.05, 3.63) is 81.4 Å². The van der Waals surface area contributed by atoms with Gasteiger partial charge in [-0.05, 0) is 49.7 Å². The van der Waals surface area contributed by atoms with Gasteiger partial charge in [0.25, 0.3) is 11.6 Å². The van der Waals surface area contributed by atoms with Crippen LogP contribution in [0.25, 0.3) is 11.3 Å². The molecule has 0 fully saturated rings. The number of benzene rings is 1. The molecule has 0 aliphatic heterocycles. The summed E-state index contributed by atoms with van der Waals surface area (Å²) in [5.41, 5.74) is 4.73. The Morgan fingerprint density at radius 1 is 1.30 bits per heavy atom. The van der Waals surface area contributed by atoms with Gasteiger partial charge in [0.2, 0.25) is 0 Å². The molecule has 27 heavy (non-hydrogen) atoms. The quantitative estimate of drug-likeness (QED) is 0.422. The Labute approximate surface area is 154 Å². The molecule has 0 bridgehead atoms. The summed E-state index contributed by atoms with van der Waals surface area (Å²) >= 11 is 0. The van der Waals surface area contributed by atoms with E-state index in [0.717, 1.165) is 5.56 Å². The number of rotatable bonds is 5. The van der Waals surface area contributed by atoms with E-state index in [1.807, 2.05) is 6.07 Å². The van der Waals surface area contributed by atoms with Crippen LogP contribution in [-0.4, -0.2) is 22.0 Å². The molecule has 8 nitrogen and oxygen atoms in total. The zero-order valence-electron chi connectivity index (χ0n) is 14.7. The molecule has 0 radical (unpaired) electrons. The van der Waals surface area contributed by atoms with Crippen LogP contribution < -0.4 is 5.43 Å². The Balaban J connectivity index is 1.78. The molecule has 3 aromatic rings. The van der Waals surface area contributed by atoms with E-state index >= 15 is 0 Å². The van der Waals surface area contributed by atoms with E-state index in [2.05, 4.69) is 15.5 Å². The number of pyridine rings is 1. The van der Waals surface area contributed by atoms with Crippen molar-refractivity contribution >= 4 is 17.8 Å². The first kappa shape index (κ1) is 18.0. The number of nitro benzene ring substituents is 1. The van der Waals surface area contributed by atoms with Crippen LogP contribution in [0.15, 0.2) is 58.3 Å². The lowest BCUT2D eigenvalue weighted by molar-refractivity contribution is -0.385. The second-order valence-corrected chi connectivity index (χ2v) is 5.86. The molecule has 1 N–H and O–H groups in total. The maximum Gasteiger partial charge on any atom is 0.273 e. The maximum absolute atomic E-state index is 11.9. The number of hydrogen-bond donors (Lipinski definition) is 1. The second-order valence-electron chi connectivity index (χ2n) is 5.86. The first-order valence-electron chi connectivity index (χ1n) is 8.05. The van der Waals surface area contributed by atoms with E-state index in [0.29, 0.717) is 28.2 Å². The Morgan fingerprint density at radius 3 is 2.81 bits per heavy atom. The van der Waals surface area contributed by atoms with E-state index in [1.54, 1.807) is 44.3 Å². The zero-order chi connectivity index (χ0) is 19.4. The van der Waals surface area contributed by atoms with Crippen molar-refractivity contribution in [2.45, 2.75) is 13.8 Å². The lowest BCUT2D eigenvalue weighted by Crippen LogP contribution is -2.17. The van der Waals surface area contributed by atoms with Crippen molar-refractivity contribution in [3.63, 3.8) is 0 Å². The largest absolute Gasteiger partial charge is 0.455 e. The van der Waals surface area contributed by atoms with Gasteiger partial charge in [0.15, 0.2) is 0 Å². The molecule has 1 aromatic carbocycles. The molecular weight excluding hydrogens is 348 g/mol. The number of hydrazone groups is 1. The third kappa shape index (κ3) is 4.06. The highest BCUT2D eigenvalue weighted by Gasteiger charge is 2.18. The van der Waals surface area contributed by atoms with Crippen molar-refractivity contribution in [1.82, 2.24) is 10.4 Å². The third-order valence-electron chi connectivity index (χ3n) is 3.90. The van der Waals surface area contributed by atoms with Gasteiger partial charge in [0.05, 0.1) is 16.7 Å². The highest BCUT2D eigenvalue weighted by molar-refractivity contribution is 5.94. The fraction of sp³-hybridized carbons (Fsp3) is 0.105. The molecule has 0 unspecified atom stereocenters. The summed E-state index contributed by atoms with van der Waals surface area (Å²) in [6.07, 6.45) is 4.36. The topological polar surface area (TPSA) is 111 Å². The van der Waals surface area contributed by atoms with E-state index in [9.17, 15) is 14.9 Å². The third-order valence-corrected chi connectivity index (χ3v) is 3.90. The van der Waals surface area contributed by atoms with E-state index in [4.69, 9.17) is 4.42 Å². The number of carbonyl (C=O) groups excluding carboxylic acids is 1. The first-order chi connectivity index (χ1) is 13.0. The van der Waals surface area contributed by atoms with Crippen molar-refractivity contribution in [1.29, 1.82) is 0 Å². The smallest absolute Gasteiger partial charge is 0.273 e. The predicted molar refractivity (Wildman–Crippen MR) is 99.6 cm³/mol. The first-order valence-corrected chi connectivity index (χ1v) is 8.05. The van der Waals surface area contributed by atoms with Crippen molar-refractivity contribution in [3.8, 4) is 11.3 Å². The molecule has 0 aliphatic rings. The van der Waals surface area contributed by atoms with Crippen molar-refractivity contribution < 1.29 is 14.1 Å². The molecule has 1 amide bonds. The molecule has 0 aliphatic carbocycles. The molecule has 8 heteroatoms. The fourth-order valence-electron chi connectivity index (χ4n) is 2.57. The van der Waals surface area contributed by atoms with Gasteiger partial charge in [0.1, 0.15) is 11.5 Å². The summed E-state index contributed by atoms with van der Waals surface area (Å²) in [7, 11) is 0. The molecule has 0 saturated carbocycles. The van der Waals surface area contributed by atoms with E-state index in [-0.39, 0.29) is 5.69 Å². The maximum atomic E-state index is 11.9. The minimum absolute atomic E-state index is 0.0420. The lowest BCUT2D eigenvalue weighted by atomic mass is 10.0. The minimum Gasteiger partial charge on any atom is -0.455 e. The summed E-state index contributed by atoms with van der Waals surface area (Å²) in [6.45, 7) is 3.46. The number of aryl methyl sites for hydroxylation is 1. The van der Waals surface area contributed by atoms with Crippen LogP contribution in [0.3, 0.4) is 0 Å². The number of nitro groups is 1. The van der Waals surface area contributed by atoms with Gasteiger partial charge in [-0.1, -0.05) is 0 Å². The van der Waals surface area contributed by atoms with E-state index in [1.165, 1.54) is 18.5 Å². The molecule has 0 saturated heterocycles. The number of hydrogen-bond acceptors (Lipinski definition) is 6. The molecular formula is C19H16N4O4. The van der Waals surface area contributed by atoms with Gasteiger partial charge < -0.3 is 4.42 Å². The summed E-state index contributed by atoms with van der Waals surface area (Å²) in [5, 5.41) is 15.1. The van der Waals surface area contributed by atoms with Gasteiger partial charge in [-0.3, -0.25) is 19.9 Å². The van der Waals surface area contributed by atoms with Crippen molar-refractivity contribution in [2.24, 2.45) is 5.10 Å². The van der Waals surface area contributed by atoms with Gasteiger partial charge in [-0.15, -0.1) is 0 Å². The molecule has 2 heterocycles. The monoisotopic (exact) mass is 364 g/mol. The highest BCUT2D eigenvalue weighted by atomic mass is 16.6. The second kappa shape index (κ2) is 7.61. The molecule has 0 atom stereocenters. The average Bonchev–Trinajstić information content (AvgIpc) is 3.12. The number of aromatic nitrogens is 1. The average molecular weight is 364 g/mol. The van der Waals surface area contributed by atoms with Gasteiger partial charge in [0, 0.05) is 29.6 Å². The van der Waals surface area contributed by atoms with Crippen LogP contribution >= 0.6 is 0 Å². The van der Waals surface area contributed by atoms with Crippen molar-refractivity contribution in [2.75, 3.05) is 0 Å². The zero-order valence-corrected chi connectivity index (χ0v) is 14.7. The Bertz CT molecular complexity index is 1030. The summed E-state index contributed by atoms with van der Waals surface area (Å²) < 4.78 is 5.69. The number of amides is 1. The SMILES string of the molecule is Cc1cc(-c2ccc(/C=N\NC(=O)c3cccnc3)o2)c(C)c([N+](=O)[O-])c1. The van der Waals surface area contributed by atoms with Crippen LogP contribution in [0.5, 0.6) is 0 Å². The lowest BCUT2D eigenvalue weighted by Gasteiger charge is -2.05. The summed E-state index contributed by atoms with van der Waals surface area (Å²) in [5.74, 6) is 0.496. The van der Waals surface area contributed by atoms with Crippen LogP contribution in [-0.2, 0) is 0 Å². The molecule has 0 spiro atoms. The number of furan rings is 1. The predicted octanol–water partition coefficient (Wildman–Crippen LogP) is 3.63. The van der Waals surface area contributed by atoms with E-state index < -0.39 is 10.8 Å². The Hall–Kier alpha value is -3.81. The summed E-state index contributed by atoms with van der Waals surface area (Å²) in [4.78, 5) is 26.5. The molecule has 2 aromatic heterocycles. The summed E-state index contributed by atoms with van der Waals surface area (Å²) in [6, 6.07) is 10.00. The Morgan fingerprint density at radius 2 is 2.11 bits per heavy atom. The van der Waals surface area contributed by atoms with Crippen LogP contribution in [0, 0.1) is 24.0 Å². The van der Waals surface area contributed by atoms with Gasteiger partial charge in [-0.25, -0.2) is 5.43 Å². The molecule has 3 rings (SSSR count). The van der Waals surface area contributed by atoms with Crippen LogP contribution in [0.1, 0.15) is 27.2 Å². The normalized spacial score (nSPS) is 10.9. The fourth-order valence-corrected chi connectivity index (χ4v) is 2.57.